The summed E-state index contributed by atoms with van der Waals surface area (Å²) in [5, 5.41) is 13.9. The number of carbonyl (C=O) groups is 2. The molecule has 2 unspecified atom stereocenters. The quantitative estimate of drug-likeness (QED) is 0.662. The maximum Gasteiger partial charge on any atom is 0.325 e. The van der Waals surface area contributed by atoms with Gasteiger partial charge in [-0.15, -0.1) is 0 Å². The number of hydrogen-bond donors (Lipinski definition) is 3. The first-order valence-corrected chi connectivity index (χ1v) is 5.99. The number of ether oxygens (including phenoxy) is 1. The molecule has 1 aliphatic carbocycles. The number of aliphatic carboxylic acids is 1. The maximum absolute atomic E-state index is 11.6. The number of urea groups is 1. The van der Waals surface area contributed by atoms with Crippen LogP contribution in [0.15, 0.2) is 0 Å². The molecule has 6 heteroatoms. The highest BCUT2D eigenvalue weighted by Gasteiger charge is 2.41. The number of carbonyl (C=O) groups excluding carboxylic acids is 1. The summed E-state index contributed by atoms with van der Waals surface area (Å²) in [6.07, 6.45) is 3.24. The van der Waals surface area contributed by atoms with Crippen molar-refractivity contribution in [3.63, 3.8) is 0 Å². The van der Waals surface area contributed by atoms with Crippen LogP contribution in [0.5, 0.6) is 0 Å². The van der Waals surface area contributed by atoms with Gasteiger partial charge in [-0.2, -0.15) is 0 Å². The van der Waals surface area contributed by atoms with E-state index in [0.29, 0.717) is 12.5 Å². The number of hydrogen-bond acceptors (Lipinski definition) is 3. The van der Waals surface area contributed by atoms with Gasteiger partial charge in [0.2, 0.25) is 0 Å². The molecule has 2 rings (SSSR count). The van der Waals surface area contributed by atoms with Crippen LogP contribution >= 0.6 is 0 Å². The third-order valence-corrected chi connectivity index (χ3v) is 3.26. The lowest BCUT2D eigenvalue weighted by Gasteiger charge is -2.20. The number of carboxylic acids is 1. The highest BCUT2D eigenvalue weighted by atomic mass is 16.5. The molecule has 0 radical (unpaired) electrons. The fraction of sp³-hybridized carbons (Fsp3) is 0.818. The summed E-state index contributed by atoms with van der Waals surface area (Å²) in [6.45, 7) is 2.10. The lowest BCUT2D eigenvalue weighted by molar-refractivity contribution is -0.138. The van der Waals surface area contributed by atoms with E-state index >= 15 is 0 Å². The van der Waals surface area contributed by atoms with Gasteiger partial charge < -0.3 is 20.5 Å². The summed E-state index contributed by atoms with van der Waals surface area (Å²) in [6, 6.07) is -1.29. The Kier molecular flexibility index (Phi) is 3.51. The van der Waals surface area contributed by atoms with E-state index < -0.39 is 18.0 Å². The van der Waals surface area contributed by atoms with Crippen LogP contribution in [0.3, 0.4) is 0 Å². The van der Waals surface area contributed by atoms with Crippen LogP contribution in [-0.2, 0) is 9.53 Å². The van der Waals surface area contributed by atoms with Gasteiger partial charge in [0.1, 0.15) is 6.04 Å². The zero-order chi connectivity index (χ0) is 12.4. The minimum atomic E-state index is -1.04. The Hall–Kier alpha value is -1.30. The minimum Gasteiger partial charge on any atom is -0.480 e. The standard InChI is InChI=1S/C11H18N2O4/c1-6(10(14)15)12-11(16)13-8-4-5-17-9(8)7-2-3-7/h6-9H,2-5H2,1H3,(H,14,15)(H2,12,13,16)/t6-,8?,9?/m0/s1. The van der Waals surface area contributed by atoms with E-state index in [0.717, 1.165) is 19.3 Å². The number of amides is 2. The van der Waals surface area contributed by atoms with E-state index in [-0.39, 0.29) is 12.1 Å². The van der Waals surface area contributed by atoms with Crippen molar-refractivity contribution in [2.45, 2.75) is 44.4 Å². The van der Waals surface area contributed by atoms with Gasteiger partial charge >= 0.3 is 12.0 Å². The molecule has 0 aromatic carbocycles. The Morgan fingerprint density at radius 2 is 2.06 bits per heavy atom. The smallest absolute Gasteiger partial charge is 0.325 e. The molecule has 2 fully saturated rings. The third kappa shape index (κ3) is 3.09. The summed E-state index contributed by atoms with van der Waals surface area (Å²) >= 11 is 0. The summed E-state index contributed by atoms with van der Waals surface area (Å²) < 4.78 is 5.58. The zero-order valence-electron chi connectivity index (χ0n) is 9.81. The van der Waals surface area contributed by atoms with E-state index in [1.807, 2.05) is 0 Å². The Balaban J connectivity index is 1.79. The minimum absolute atomic E-state index is 0.0171. The van der Waals surface area contributed by atoms with E-state index in [9.17, 15) is 9.59 Å². The van der Waals surface area contributed by atoms with Crippen LogP contribution in [0.1, 0.15) is 26.2 Å². The Morgan fingerprint density at radius 3 is 2.65 bits per heavy atom. The predicted octanol–water partition coefficient (Wildman–Crippen LogP) is 0.326. The van der Waals surface area contributed by atoms with Crippen LogP contribution in [0.25, 0.3) is 0 Å². The molecule has 3 atom stereocenters. The van der Waals surface area contributed by atoms with Crippen molar-refractivity contribution >= 4 is 12.0 Å². The Bertz CT molecular complexity index is 317. The summed E-state index contributed by atoms with van der Waals surface area (Å²) in [4.78, 5) is 22.1. The molecule has 17 heavy (non-hydrogen) atoms. The van der Waals surface area contributed by atoms with Crippen LogP contribution in [0.2, 0.25) is 0 Å². The monoisotopic (exact) mass is 242 g/mol. The molecule has 3 N–H and O–H groups in total. The third-order valence-electron chi connectivity index (χ3n) is 3.26. The molecule has 1 saturated carbocycles. The van der Waals surface area contributed by atoms with Crippen molar-refractivity contribution in [1.82, 2.24) is 10.6 Å². The van der Waals surface area contributed by atoms with Crippen molar-refractivity contribution in [2.75, 3.05) is 6.61 Å². The number of nitrogens with one attached hydrogen (secondary N) is 2. The van der Waals surface area contributed by atoms with Crippen LogP contribution in [-0.4, -0.2) is 41.9 Å². The van der Waals surface area contributed by atoms with Crippen LogP contribution in [0.4, 0.5) is 4.79 Å². The van der Waals surface area contributed by atoms with Gasteiger partial charge in [0, 0.05) is 6.61 Å². The van der Waals surface area contributed by atoms with E-state index in [1.165, 1.54) is 6.92 Å². The van der Waals surface area contributed by atoms with E-state index in [1.54, 1.807) is 0 Å². The number of rotatable bonds is 4. The summed E-state index contributed by atoms with van der Waals surface area (Å²) in [5.41, 5.74) is 0. The molecular weight excluding hydrogens is 224 g/mol. The van der Waals surface area contributed by atoms with Gasteiger partial charge in [-0.1, -0.05) is 0 Å². The molecule has 1 heterocycles. The second-order valence-corrected chi connectivity index (χ2v) is 4.75. The van der Waals surface area contributed by atoms with Gasteiger partial charge in [0.25, 0.3) is 0 Å². The highest BCUT2D eigenvalue weighted by molar-refractivity contribution is 5.82. The molecule has 2 amide bonds. The van der Waals surface area contributed by atoms with Crippen molar-refractivity contribution in [3.05, 3.63) is 0 Å². The fourth-order valence-corrected chi connectivity index (χ4v) is 2.12. The topological polar surface area (TPSA) is 87.7 Å². The first-order chi connectivity index (χ1) is 8.08. The summed E-state index contributed by atoms with van der Waals surface area (Å²) in [7, 11) is 0. The molecule has 0 aromatic heterocycles. The van der Waals surface area contributed by atoms with E-state index in [4.69, 9.17) is 9.84 Å². The SMILES string of the molecule is C[C@H](NC(=O)NC1CCOC1C1CC1)C(=O)O. The van der Waals surface area contributed by atoms with Gasteiger partial charge in [-0.25, -0.2) is 4.79 Å². The lowest BCUT2D eigenvalue weighted by Crippen LogP contribution is -2.50. The largest absolute Gasteiger partial charge is 0.480 e. The molecule has 0 spiro atoms. The fourth-order valence-electron chi connectivity index (χ4n) is 2.12. The van der Waals surface area contributed by atoms with Crippen molar-refractivity contribution in [1.29, 1.82) is 0 Å². The van der Waals surface area contributed by atoms with Crippen LogP contribution in [0, 0.1) is 5.92 Å². The average Bonchev–Trinajstić information content (AvgIpc) is 3.00. The van der Waals surface area contributed by atoms with Gasteiger partial charge in [-0.05, 0) is 32.1 Å². The second kappa shape index (κ2) is 4.91. The first-order valence-electron chi connectivity index (χ1n) is 5.99. The van der Waals surface area contributed by atoms with Gasteiger partial charge in [-0.3, -0.25) is 4.79 Å². The van der Waals surface area contributed by atoms with E-state index in [2.05, 4.69) is 10.6 Å². The average molecular weight is 242 g/mol. The normalized spacial score (nSPS) is 29.7. The molecule has 1 saturated heterocycles. The van der Waals surface area contributed by atoms with Crippen molar-refractivity contribution in [2.24, 2.45) is 5.92 Å². The highest BCUT2D eigenvalue weighted by Crippen LogP contribution is 2.38. The van der Waals surface area contributed by atoms with Crippen molar-refractivity contribution in [3.8, 4) is 0 Å². The number of carboxylic acid groups (broad SMARTS) is 1. The molecular formula is C11H18N2O4. The van der Waals surface area contributed by atoms with Gasteiger partial charge in [0.15, 0.2) is 0 Å². The molecule has 0 aromatic rings. The summed E-state index contributed by atoms with van der Waals surface area (Å²) in [5.74, 6) is -0.471. The lowest BCUT2D eigenvalue weighted by atomic mass is 10.1. The zero-order valence-corrected chi connectivity index (χ0v) is 9.81. The molecule has 1 aliphatic heterocycles. The molecule has 0 bridgehead atoms. The second-order valence-electron chi connectivity index (χ2n) is 4.75. The maximum atomic E-state index is 11.6. The molecule has 6 nitrogen and oxygen atoms in total. The van der Waals surface area contributed by atoms with Gasteiger partial charge in [0.05, 0.1) is 12.1 Å². The van der Waals surface area contributed by atoms with Crippen molar-refractivity contribution < 1.29 is 19.4 Å². The first kappa shape index (κ1) is 12.2. The Morgan fingerprint density at radius 1 is 1.35 bits per heavy atom. The molecule has 2 aliphatic rings. The van der Waals surface area contributed by atoms with Crippen LogP contribution < -0.4 is 10.6 Å². The Labute approximate surface area is 99.7 Å². The predicted molar refractivity (Wildman–Crippen MR) is 59.6 cm³/mol. The molecule has 96 valence electrons.